The molecule has 0 aliphatic heterocycles. The van der Waals surface area contributed by atoms with Crippen LogP contribution in [0.15, 0.2) is 22.8 Å². The number of nitrogens with one attached hydrogen (secondary N) is 2. The van der Waals surface area contributed by atoms with Gasteiger partial charge in [-0.05, 0) is 52.7 Å². The Kier molecular flexibility index (Phi) is 4.38. The number of furan rings is 1. The van der Waals surface area contributed by atoms with Crippen LogP contribution in [0.25, 0.3) is 0 Å². The van der Waals surface area contributed by atoms with Crippen molar-refractivity contribution >= 4 is 6.09 Å². The molecule has 5 heteroatoms. The highest BCUT2D eigenvalue weighted by molar-refractivity contribution is 5.68. The average Bonchev–Trinajstić information content (AvgIpc) is 2.76. The number of alkyl carbamates (subject to hydrolysis) is 1. The van der Waals surface area contributed by atoms with Crippen molar-refractivity contribution in [3.63, 3.8) is 0 Å². The Bertz CT molecular complexity index is 430. The topological polar surface area (TPSA) is 63.5 Å². The van der Waals surface area contributed by atoms with Gasteiger partial charge in [0.25, 0.3) is 0 Å². The van der Waals surface area contributed by atoms with Crippen LogP contribution < -0.4 is 10.6 Å². The van der Waals surface area contributed by atoms with Crippen LogP contribution in [0.1, 0.15) is 52.3 Å². The number of carbonyl (C=O) groups is 1. The van der Waals surface area contributed by atoms with Gasteiger partial charge in [-0.25, -0.2) is 4.79 Å². The van der Waals surface area contributed by atoms with Gasteiger partial charge < -0.3 is 19.8 Å². The molecule has 0 aromatic carbocycles. The largest absolute Gasteiger partial charge is 0.468 e. The van der Waals surface area contributed by atoms with E-state index in [1.165, 1.54) is 0 Å². The summed E-state index contributed by atoms with van der Waals surface area (Å²) in [4.78, 5) is 11.6. The fourth-order valence-corrected chi connectivity index (χ4v) is 2.32. The smallest absolute Gasteiger partial charge is 0.407 e. The van der Waals surface area contributed by atoms with Crippen LogP contribution in [-0.4, -0.2) is 23.8 Å². The Balaban J connectivity index is 1.66. The first-order chi connectivity index (χ1) is 9.33. The molecule has 1 heterocycles. The minimum absolute atomic E-state index is 0.192. The molecule has 112 valence electrons. The minimum Gasteiger partial charge on any atom is -0.468 e. The van der Waals surface area contributed by atoms with Crippen molar-refractivity contribution in [3.8, 4) is 0 Å². The number of amides is 1. The molecule has 1 aliphatic rings. The summed E-state index contributed by atoms with van der Waals surface area (Å²) in [6.45, 7) is 7.67. The van der Waals surface area contributed by atoms with Crippen molar-refractivity contribution in [3.05, 3.63) is 24.2 Å². The molecular weight excluding hydrogens is 256 g/mol. The fraction of sp³-hybridized carbons (Fsp3) is 0.667. The molecule has 0 bridgehead atoms. The summed E-state index contributed by atoms with van der Waals surface area (Å²) in [5.41, 5.74) is -0.445. The molecule has 20 heavy (non-hydrogen) atoms. The highest BCUT2D eigenvalue weighted by atomic mass is 16.6. The van der Waals surface area contributed by atoms with Crippen LogP contribution in [-0.2, 0) is 4.74 Å². The first-order valence-corrected chi connectivity index (χ1v) is 7.12. The number of hydrogen-bond acceptors (Lipinski definition) is 4. The lowest BCUT2D eigenvalue weighted by atomic mass is 9.86. The molecule has 0 saturated heterocycles. The Morgan fingerprint density at radius 2 is 2.10 bits per heavy atom. The van der Waals surface area contributed by atoms with Gasteiger partial charge in [0.15, 0.2) is 0 Å². The Labute approximate surface area is 120 Å². The van der Waals surface area contributed by atoms with Gasteiger partial charge >= 0.3 is 6.09 Å². The molecule has 1 atom stereocenters. The number of rotatable bonds is 4. The first kappa shape index (κ1) is 14.9. The summed E-state index contributed by atoms with van der Waals surface area (Å²) < 4.78 is 10.6. The molecule has 1 fully saturated rings. The third-order valence-corrected chi connectivity index (χ3v) is 3.31. The van der Waals surface area contributed by atoms with E-state index in [9.17, 15) is 4.79 Å². The van der Waals surface area contributed by atoms with Gasteiger partial charge in [0, 0.05) is 12.1 Å². The molecule has 1 amide bonds. The van der Waals surface area contributed by atoms with Crippen molar-refractivity contribution in [1.29, 1.82) is 0 Å². The Morgan fingerprint density at radius 1 is 1.40 bits per heavy atom. The summed E-state index contributed by atoms with van der Waals surface area (Å²) in [6, 6.07) is 4.66. The SMILES string of the molecule is CC(NC1CC(NC(=O)OC(C)(C)C)C1)c1ccco1. The fourth-order valence-electron chi connectivity index (χ4n) is 2.32. The number of ether oxygens (including phenoxy) is 1. The molecule has 0 spiro atoms. The monoisotopic (exact) mass is 280 g/mol. The lowest BCUT2D eigenvalue weighted by Crippen LogP contribution is -2.53. The summed E-state index contributed by atoms with van der Waals surface area (Å²) in [7, 11) is 0. The van der Waals surface area contributed by atoms with Crippen LogP contribution in [0.4, 0.5) is 4.79 Å². The van der Waals surface area contributed by atoms with Crippen molar-refractivity contribution in [1.82, 2.24) is 10.6 Å². The van der Waals surface area contributed by atoms with Crippen LogP contribution in [0.5, 0.6) is 0 Å². The summed E-state index contributed by atoms with van der Waals surface area (Å²) in [5.74, 6) is 0.938. The Hall–Kier alpha value is -1.49. The summed E-state index contributed by atoms with van der Waals surface area (Å²) in [5, 5.41) is 6.37. The van der Waals surface area contributed by atoms with Crippen molar-refractivity contribution < 1.29 is 13.9 Å². The maximum Gasteiger partial charge on any atom is 0.407 e. The first-order valence-electron chi connectivity index (χ1n) is 7.12. The molecule has 1 aromatic heterocycles. The van der Waals surface area contributed by atoms with E-state index in [1.54, 1.807) is 6.26 Å². The predicted octanol–water partition coefficient (Wildman–Crippen LogP) is 2.99. The standard InChI is InChI=1S/C15H24N2O3/c1-10(13-6-5-7-19-13)16-11-8-12(9-11)17-14(18)20-15(2,3)4/h5-7,10-12,16H,8-9H2,1-4H3,(H,17,18). The van der Waals surface area contributed by atoms with Gasteiger partial charge in [0.1, 0.15) is 11.4 Å². The maximum absolute atomic E-state index is 11.6. The van der Waals surface area contributed by atoms with Crippen molar-refractivity contribution in [2.45, 2.75) is 64.3 Å². The molecule has 2 N–H and O–H groups in total. The Morgan fingerprint density at radius 3 is 2.65 bits per heavy atom. The third kappa shape index (κ3) is 4.27. The predicted molar refractivity (Wildman–Crippen MR) is 76.4 cm³/mol. The van der Waals surface area contributed by atoms with E-state index < -0.39 is 5.60 Å². The zero-order valence-corrected chi connectivity index (χ0v) is 12.6. The van der Waals surface area contributed by atoms with Crippen molar-refractivity contribution in [2.24, 2.45) is 0 Å². The van der Waals surface area contributed by atoms with Crippen LogP contribution in [0.3, 0.4) is 0 Å². The molecule has 2 rings (SSSR count). The second-order valence-electron chi connectivity index (χ2n) is 6.42. The summed E-state index contributed by atoms with van der Waals surface area (Å²) in [6.07, 6.45) is 3.19. The molecule has 0 radical (unpaired) electrons. The van der Waals surface area contributed by atoms with Gasteiger partial charge in [-0.3, -0.25) is 0 Å². The zero-order valence-electron chi connectivity index (χ0n) is 12.6. The second-order valence-corrected chi connectivity index (χ2v) is 6.42. The summed E-state index contributed by atoms with van der Waals surface area (Å²) >= 11 is 0. The van der Waals surface area contributed by atoms with E-state index in [2.05, 4.69) is 17.6 Å². The van der Waals surface area contributed by atoms with Gasteiger partial charge in [-0.2, -0.15) is 0 Å². The van der Waals surface area contributed by atoms with E-state index in [0.717, 1.165) is 18.6 Å². The second kappa shape index (κ2) is 5.87. The van der Waals surface area contributed by atoms with Gasteiger partial charge in [-0.15, -0.1) is 0 Å². The van der Waals surface area contributed by atoms with Crippen LogP contribution >= 0.6 is 0 Å². The normalized spacial score (nSPS) is 23.8. The molecule has 1 saturated carbocycles. The zero-order chi connectivity index (χ0) is 14.8. The molecule has 1 aromatic rings. The molecule has 1 aliphatic carbocycles. The van der Waals surface area contributed by atoms with E-state index in [0.29, 0.717) is 6.04 Å². The number of hydrogen-bond donors (Lipinski definition) is 2. The molecule has 1 unspecified atom stereocenters. The third-order valence-electron chi connectivity index (χ3n) is 3.31. The van der Waals surface area contributed by atoms with E-state index >= 15 is 0 Å². The highest BCUT2D eigenvalue weighted by Crippen LogP contribution is 2.24. The van der Waals surface area contributed by atoms with E-state index in [1.807, 2.05) is 32.9 Å². The quantitative estimate of drug-likeness (QED) is 0.890. The van der Waals surface area contributed by atoms with Crippen LogP contribution in [0, 0.1) is 0 Å². The molecular formula is C15H24N2O3. The van der Waals surface area contributed by atoms with Crippen LogP contribution in [0.2, 0.25) is 0 Å². The van der Waals surface area contributed by atoms with Gasteiger partial charge in [0.2, 0.25) is 0 Å². The average molecular weight is 280 g/mol. The lowest BCUT2D eigenvalue weighted by Gasteiger charge is -2.38. The van der Waals surface area contributed by atoms with Crippen molar-refractivity contribution in [2.75, 3.05) is 0 Å². The number of carbonyl (C=O) groups excluding carboxylic acids is 1. The highest BCUT2D eigenvalue weighted by Gasteiger charge is 2.32. The minimum atomic E-state index is -0.445. The van der Waals surface area contributed by atoms with E-state index in [4.69, 9.17) is 9.15 Å². The molecule has 5 nitrogen and oxygen atoms in total. The van der Waals surface area contributed by atoms with E-state index in [-0.39, 0.29) is 18.2 Å². The van der Waals surface area contributed by atoms with Gasteiger partial charge in [0.05, 0.1) is 12.3 Å². The maximum atomic E-state index is 11.6. The van der Waals surface area contributed by atoms with Gasteiger partial charge in [-0.1, -0.05) is 0 Å². The lowest BCUT2D eigenvalue weighted by molar-refractivity contribution is 0.0462.